The second-order valence-electron chi connectivity index (χ2n) is 6.29. The van der Waals surface area contributed by atoms with Crippen molar-refractivity contribution in [1.82, 2.24) is 4.57 Å². The van der Waals surface area contributed by atoms with Crippen LogP contribution in [0.4, 0.5) is 0 Å². The Morgan fingerprint density at radius 3 is 2.34 bits per heavy atom. The van der Waals surface area contributed by atoms with Gasteiger partial charge in [-0.2, -0.15) is 8.42 Å². The molecule has 7 nitrogen and oxygen atoms in total. The van der Waals surface area contributed by atoms with Crippen LogP contribution < -0.4 is 14.3 Å². The Hall–Kier alpha value is -2.36. The van der Waals surface area contributed by atoms with E-state index in [-0.39, 0.29) is 4.90 Å². The molecule has 0 aliphatic rings. The zero-order valence-corrected chi connectivity index (χ0v) is 18.5. The van der Waals surface area contributed by atoms with Gasteiger partial charge in [-0.05, 0) is 26.0 Å². The van der Waals surface area contributed by atoms with Crippen molar-refractivity contribution in [3.63, 3.8) is 0 Å². The smallest absolute Gasteiger partial charge is 0.285 e. The minimum Gasteiger partial charge on any atom is -0.493 e. The molecular weight excluding hydrogens is 412 g/mol. The van der Waals surface area contributed by atoms with Gasteiger partial charge in [0.1, 0.15) is 0 Å². The summed E-state index contributed by atoms with van der Waals surface area (Å²) >= 11 is 1.28. The van der Waals surface area contributed by atoms with E-state index in [1.54, 1.807) is 38.5 Å². The van der Waals surface area contributed by atoms with Gasteiger partial charge in [-0.3, -0.25) is 0 Å². The van der Waals surface area contributed by atoms with E-state index < -0.39 is 10.0 Å². The summed E-state index contributed by atoms with van der Waals surface area (Å²) in [6.45, 7) is 5.30. The average Bonchev–Trinajstić information content (AvgIpc) is 3.02. The number of hydrogen-bond acceptors (Lipinski definition) is 6. The summed E-state index contributed by atoms with van der Waals surface area (Å²) < 4.78 is 48.8. The quantitative estimate of drug-likeness (QED) is 0.506. The van der Waals surface area contributed by atoms with Crippen molar-refractivity contribution >= 4 is 31.6 Å². The Balaban J connectivity index is 2.20. The largest absolute Gasteiger partial charge is 0.493 e. The molecule has 0 radical (unpaired) electrons. The van der Waals surface area contributed by atoms with Gasteiger partial charge in [0.25, 0.3) is 10.0 Å². The van der Waals surface area contributed by atoms with Gasteiger partial charge in [-0.15, -0.1) is 4.40 Å². The van der Waals surface area contributed by atoms with E-state index in [9.17, 15) is 8.42 Å². The molecule has 0 fully saturated rings. The lowest BCUT2D eigenvalue weighted by molar-refractivity contribution is 0.139. The summed E-state index contributed by atoms with van der Waals surface area (Å²) in [5, 5.41) is 0. The summed E-state index contributed by atoms with van der Waals surface area (Å²) in [6, 6.07) is 10.3. The standard InChI is InChI=1S/C20H24N2O5S2/c1-5-27-11-10-22-16-12-17(25-3)18(26-4)13-19(16)28-20(22)21-29(23,24)15-8-6-14(2)7-9-15/h6-9,12-13H,5,10-11H2,1-4H3/b21-20-. The summed E-state index contributed by atoms with van der Waals surface area (Å²) in [7, 11) is -0.725. The molecule has 0 bridgehead atoms. The molecule has 29 heavy (non-hydrogen) atoms. The molecule has 9 heteroatoms. The summed E-state index contributed by atoms with van der Waals surface area (Å²) in [5.74, 6) is 1.14. The molecule has 0 N–H and O–H groups in total. The highest BCUT2D eigenvalue weighted by atomic mass is 32.2. The van der Waals surface area contributed by atoms with E-state index in [2.05, 4.69) is 4.40 Å². The molecule has 1 heterocycles. The number of hydrogen-bond donors (Lipinski definition) is 0. The average molecular weight is 437 g/mol. The number of aryl methyl sites for hydroxylation is 1. The van der Waals surface area contributed by atoms with Crippen LogP contribution in [0, 0.1) is 6.92 Å². The number of benzene rings is 2. The lowest BCUT2D eigenvalue weighted by Gasteiger charge is -2.09. The molecule has 0 aliphatic carbocycles. The van der Waals surface area contributed by atoms with E-state index in [0.717, 1.165) is 15.8 Å². The molecular formula is C20H24N2O5S2. The van der Waals surface area contributed by atoms with Gasteiger partial charge in [0, 0.05) is 25.3 Å². The normalized spacial score (nSPS) is 12.5. The maximum Gasteiger partial charge on any atom is 0.285 e. The number of aromatic nitrogens is 1. The Bertz CT molecular complexity index is 1160. The number of methoxy groups -OCH3 is 2. The number of thiazole rings is 1. The predicted octanol–water partition coefficient (Wildman–Crippen LogP) is 3.35. The van der Waals surface area contributed by atoms with Crippen LogP contribution >= 0.6 is 11.3 Å². The molecule has 3 rings (SSSR count). The molecule has 0 atom stereocenters. The van der Waals surface area contributed by atoms with Crippen molar-refractivity contribution in [3.8, 4) is 11.5 Å². The lowest BCUT2D eigenvalue weighted by Crippen LogP contribution is -2.20. The third-order valence-corrected chi connectivity index (χ3v) is 6.81. The minimum atomic E-state index is -3.85. The van der Waals surface area contributed by atoms with Crippen LogP contribution in [0.1, 0.15) is 12.5 Å². The Labute approximate surface area is 174 Å². The number of ether oxygens (including phenoxy) is 3. The van der Waals surface area contributed by atoms with E-state index in [4.69, 9.17) is 14.2 Å². The summed E-state index contributed by atoms with van der Waals surface area (Å²) in [4.78, 5) is 0.530. The molecule has 0 aliphatic heterocycles. The van der Waals surface area contributed by atoms with E-state index in [1.807, 2.05) is 30.5 Å². The maximum atomic E-state index is 12.9. The van der Waals surface area contributed by atoms with Gasteiger partial charge in [-0.1, -0.05) is 29.0 Å². The second-order valence-corrected chi connectivity index (χ2v) is 8.90. The number of rotatable bonds is 8. The zero-order chi connectivity index (χ0) is 21.0. The Morgan fingerprint density at radius 2 is 1.72 bits per heavy atom. The van der Waals surface area contributed by atoms with E-state index in [1.165, 1.54) is 11.3 Å². The first kappa shape index (κ1) is 21.4. The SMILES string of the molecule is CCOCCn1/c(=N/S(=O)(=O)c2ccc(C)cc2)sc2cc(OC)c(OC)cc21. The zero-order valence-electron chi connectivity index (χ0n) is 16.8. The first-order chi connectivity index (χ1) is 13.9. The fourth-order valence-corrected chi connectivity index (χ4v) is 5.12. The van der Waals surface area contributed by atoms with Crippen LogP contribution in [0.2, 0.25) is 0 Å². The highest BCUT2D eigenvalue weighted by Crippen LogP contribution is 2.33. The fourth-order valence-electron chi connectivity index (χ4n) is 2.85. The van der Waals surface area contributed by atoms with Crippen molar-refractivity contribution in [3.05, 3.63) is 46.8 Å². The molecule has 0 saturated carbocycles. The molecule has 0 unspecified atom stereocenters. The Kier molecular flexibility index (Phi) is 6.61. The van der Waals surface area contributed by atoms with E-state index >= 15 is 0 Å². The van der Waals surface area contributed by atoms with Crippen LogP contribution in [-0.2, 0) is 21.3 Å². The van der Waals surface area contributed by atoms with Gasteiger partial charge in [-0.25, -0.2) is 0 Å². The highest BCUT2D eigenvalue weighted by molar-refractivity contribution is 7.90. The summed E-state index contributed by atoms with van der Waals surface area (Å²) in [6.07, 6.45) is 0. The number of fused-ring (bicyclic) bond motifs is 1. The van der Waals surface area contributed by atoms with E-state index in [0.29, 0.717) is 36.1 Å². The van der Waals surface area contributed by atoms with Gasteiger partial charge in [0.15, 0.2) is 11.5 Å². The predicted molar refractivity (Wildman–Crippen MR) is 113 cm³/mol. The molecule has 0 saturated heterocycles. The first-order valence-corrected chi connectivity index (χ1v) is 11.4. The molecule has 1 aromatic heterocycles. The molecule has 0 spiro atoms. The van der Waals surface area contributed by atoms with Gasteiger partial charge in [0.2, 0.25) is 4.80 Å². The third-order valence-electron chi connectivity index (χ3n) is 4.37. The highest BCUT2D eigenvalue weighted by Gasteiger charge is 2.16. The van der Waals surface area contributed by atoms with Crippen LogP contribution in [0.15, 0.2) is 45.7 Å². The number of nitrogens with zero attached hydrogens (tertiary/aromatic N) is 2. The maximum absolute atomic E-state index is 12.9. The minimum absolute atomic E-state index is 0.159. The van der Waals surface area contributed by atoms with Crippen LogP contribution in [-0.4, -0.2) is 40.4 Å². The van der Waals surface area contributed by atoms with Crippen LogP contribution in [0.3, 0.4) is 0 Å². The third kappa shape index (κ3) is 4.63. The summed E-state index contributed by atoms with van der Waals surface area (Å²) in [5.41, 5.74) is 1.79. The monoisotopic (exact) mass is 436 g/mol. The molecule has 0 amide bonds. The van der Waals surface area contributed by atoms with Gasteiger partial charge >= 0.3 is 0 Å². The Morgan fingerprint density at radius 1 is 1.07 bits per heavy atom. The van der Waals surface area contributed by atoms with Crippen LogP contribution in [0.25, 0.3) is 10.2 Å². The second kappa shape index (κ2) is 8.98. The molecule has 3 aromatic rings. The molecule has 2 aromatic carbocycles. The number of sulfonamides is 1. The fraction of sp³-hybridized carbons (Fsp3) is 0.350. The van der Waals surface area contributed by atoms with Crippen molar-refractivity contribution in [2.45, 2.75) is 25.3 Å². The van der Waals surface area contributed by atoms with Crippen LogP contribution in [0.5, 0.6) is 11.5 Å². The van der Waals surface area contributed by atoms with Crippen molar-refractivity contribution in [2.24, 2.45) is 4.40 Å². The van der Waals surface area contributed by atoms with Crippen molar-refractivity contribution in [1.29, 1.82) is 0 Å². The first-order valence-electron chi connectivity index (χ1n) is 9.10. The van der Waals surface area contributed by atoms with Gasteiger partial charge < -0.3 is 18.8 Å². The van der Waals surface area contributed by atoms with Crippen molar-refractivity contribution < 1.29 is 22.6 Å². The van der Waals surface area contributed by atoms with Gasteiger partial charge in [0.05, 0.1) is 35.9 Å². The molecule has 156 valence electrons. The lowest BCUT2D eigenvalue weighted by atomic mass is 10.2. The van der Waals surface area contributed by atoms with Crippen molar-refractivity contribution in [2.75, 3.05) is 27.4 Å². The topological polar surface area (TPSA) is 79.1 Å².